The molecule has 0 unspecified atom stereocenters. The van der Waals surface area contributed by atoms with Crippen LogP contribution in [0.5, 0.6) is 23.0 Å². The van der Waals surface area contributed by atoms with Gasteiger partial charge >= 0.3 is 11.9 Å². The SMILES string of the molecule is COc1cc(OC)cc(C(C)(C)/C=C/CCCC(=O)O)c1.COc1cc(OC)cc(C(C)(C)CCCCCC(=O)O)c1. The van der Waals surface area contributed by atoms with E-state index in [-0.39, 0.29) is 23.7 Å². The first kappa shape index (κ1) is 36.3. The van der Waals surface area contributed by atoms with Crippen LogP contribution in [-0.2, 0) is 20.4 Å². The zero-order valence-electron chi connectivity index (χ0n) is 26.6. The average Bonchev–Trinajstić information content (AvgIpc) is 2.96. The molecule has 0 aromatic heterocycles. The van der Waals surface area contributed by atoms with E-state index in [1.54, 1.807) is 28.4 Å². The number of benzene rings is 2. The summed E-state index contributed by atoms with van der Waals surface area (Å²) in [6.07, 6.45) is 9.72. The third kappa shape index (κ3) is 13.3. The van der Waals surface area contributed by atoms with Crippen molar-refractivity contribution in [2.75, 3.05) is 28.4 Å². The minimum absolute atomic E-state index is 0.00500. The van der Waals surface area contributed by atoms with Gasteiger partial charge in [0.25, 0.3) is 0 Å². The predicted molar refractivity (Wildman–Crippen MR) is 166 cm³/mol. The third-order valence-electron chi connectivity index (χ3n) is 7.22. The van der Waals surface area contributed by atoms with Gasteiger partial charge in [0.1, 0.15) is 23.0 Å². The molecule has 0 atom stereocenters. The van der Waals surface area contributed by atoms with Crippen LogP contribution < -0.4 is 18.9 Å². The van der Waals surface area contributed by atoms with E-state index in [4.69, 9.17) is 29.2 Å². The molecule has 8 heteroatoms. The molecule has 0 heterocycles. The standard InChI is InChI=1S/C17H26O4.C17H24O4/c2*1-17(2,9-7-5-6-8-16(18)19)13-10-14(20-3)12-15(11-13)21-4/h10-12H,5-9H2,1-4H3,(H,18,19);7,9-12H,5-6,8H2,1-4H3,(H,18,19)/b;9-7+. The molecule has 0 radical (unpaired) electrons. The first-order valence-corrected chi connectivity index (χ1v) is 14.4. The van der Waals surface area contributed by atoms with E-state index in [9.17, 15) is 9.59 Å². The fourth-order valence-corrected chi connectivity index (χ4v) is 4.39. The Morgan fingerprint density at radius 3 is 1.50 bits per heavy atom. The van der Waals surface area contributed by atoms with Crippen molar-refractivity contribution < 1.29 is 38.7 Å². The normalized spacial score (nSPS) is 11.4. The second-order valence-electron chi connectivity index (χ2n) is 11.5. The van der Waals surface area contributed by atoms with E-state index >= 15 is 0 Å². The van der Waals surface area contributed by atoms with Gasteiger partial charge in [-0.2, -0.15) is 0 Å². The Kier molecular flexibility index (Phi) is 15.6. The number of carbonyl (C=O) groups is 2. The van der Waals surface area contributed by atoms with Crippen molar-refractivity contribution in [3.05, 3.63) is 59.7 Å². The molecule has 0 aliphatic heterocycles. The molecule has 0 spiro atoms. The minimum atomic E-state index is -0.750. The highest BCUT2D eigenvalue weighted by atomic mass is 16.5. The zero-order chi connectivity index (χ0) is 31.8. The van der Waals surface area contributed by atoms with Gasteiger partial charge in [-0.3, -0.25) is 9.59 Å². The Bertz CT molecular complexity index is 1110. The van der Waals surface area contributed by atoms with Gasteiger partial charge in [-0.1, -0.05) is 52.7 Å². The number of allylic oxidation sites excluding steroid dienone is 2. The molecule has 2 N–H and O–H groups in total. The van der Waals surface area contributed by atoms with Crippen LogP contribution in [0.3, 0.4) is 0 Å². The van der Waals surface area contributed by atoms with E-state index in [0.29, 0.717) is 6.42 Å². The van der Waals surface area contributed by atoms with E-state index in [2.05, 4.69) is 33.8 Å². The van der Waals surface area contributed by atoms with Gasteiger partial charge in [-0.15, -0.1) is 0 Å². The summed E-state index contributed by atoms with van der Waals surface area (Å²) in [6.45, 7) is 8.60. The van der Waals surface area contributed by atoms with Gasteiger partial charge in [0, 0.05) is 30.4 Å². The Hall–Kier alpha value is -3.68. The number of methoxy groups -OCH3 is 4. The Balaban J connectivity index is 0.000000420. The lowest BCUT2D eigenvalue weighted by Gasteiger charge is -2.26. The van der Waals surface area contributed by atoms with Crippen LogP contribution >= 0.6 is 0 Å². The summed E-state index contributed by atoms with van der Waals surface area (Å²) >= 11 is 0. The molecule has 0 aliphatic rings. The molecule has 8 nitrogen and oxygen atoms in total. The van der Waals surface area contributed by atoms with Gasteiger partial charge in [0.15, 0.2) is 0 Å². The zero-order valence-corrected chi connectivity index (χ0v) is 26.6. The highest BCUT2D eigenvalue weighted by Gasteiger charge is 2.22. The van der Waals surface area contributed by atoms with Crippen LogP contribution in [0.2, 0.25) is 0 Å². The molecule has 0 fully saturated rings. The maximum absolute atomic E-state index is 10.5. The Morgan fingerprint density at radius 2 is 1.07 bits per heavy atom. The maximum Gasteiger partial charge on any atom is 0.303 e. The van der Waals surface area contributed by atoms with E-state index in [1.807, 2.05) is 42.5 Å². The molecule has 0 saturated carbocycles. The van der Waals surface area contributed by atoms with Gasteiger partial charge < -0.3 is 29.2 Å². The molecule has 2 aromatic rings. The second-order valence-corrected chi connectivity index (χ2v) is 11.5. The number of carboxylic acids is 2. The summed E-state index contributed by atoms with van der Waals surface area (Å²) in [7, 11) is 6.56. The third-order valence-corrected chi connectivity index (χ3v) is 7.22. The smallest absolute Gasteiger partial charge is 0.303 e. The number of unbranched alkanes of at least 4 members (excludes halogenated alkanes) is 3. The number of carboxylic acid groups (broad SMARTS) is 2. The number of hydrogen-bond acceptors (Lipinski definition) is 6. The first-order valence-electron chi connectivity index (χ1n) is 14.4. The summed E-state index contributed by atoms with van der Waals surface area (Å²) in [5.41, 5.74) is 2.10. The average molecular weight is 587 g/mol. The lowest BCUT2D eigenvalue weighted by Crippen LogP contribution is -2.17. The van der Waals surface area contributed by atoms with E-state index in [1.165, 1.54) is 5.56 Å². The number of aliphatic carboxylic acids is 2. The van der Waals surface area contributed by atoms with Crippen molar-refractivity contribution in [1.29, 1.82) is 0 Å². The molecule has 0 saturated heterocycles. The van der Waals surface area contributed by atoms with Crippen molar-refractivity contribution >= 4 is 11.9 Å². The van der Waals surface area contributed by atoms with Crippen molar-refractivity contribution in [2.24, 2.45) is 0 Å². The molecule has 0 aliphatic carbocycles. The van der Waals surface area contributed by atoms with Crippen LogP contribution in [0.1, 0.15) is 90.2 Å². The maximum atomic E-state index is 10.5. The van der Waals surface area contributed by atoms with Gasteiger partial charge in [-0.25, -0.2) is 0 Å². The van der Waals surface area contributed by atoms with Gasteiger partial charge in [0.05, 0.1) is 28.4 Å². The van der Waals surface area contributed by atoms with Crippen molar-refractivity contribution in [3.8, 4) is 23.0 Å². The lowest BCUT2D eigenvalue weighted by atomic mass is 9.80. The van der Waals surface area contributed by atoms with Crippen LogP contribution in [0.4, 0.5) is 0 Å². The monoisotopic (exact) mass is 586 g/mol. The van der Waals surface area contributed by atoms with Crippen LogP contribution in [-0.4, -0.2) is 50.6 Å². The van der Waals surface area contributed by atoms with Crippen molar-refractivity contribution in [3.63, 3.8) is 0 Å². The molecule has 42 heavy (non-hydrogen) atoms. The van der Waals surface area contributed by atoms with Crippen LogP contribution in [0.25, 0.3) is 0 Å². The topological polar surface area (TPSA) is 112 Å². The largest absolute Gasteiger partial charge is 0.497 e. The summed E-state index contributed by atoms with van der Waals surface area (Å²) < 4.78 is 21.2. The summed E-state index contributed by atoms with van der Waals surface area (Å²) in [6, 6.07) is 11.8. The predicted octanol–water partition coefficient (Wildman–Crippen LogP) is 7.81. The fourth-order valence-electron chi connectivity index (χ4n) is 4.39. The first-order chi connectivity index (χ1) is 19.8. The van der Waals surface area contributed by atoms with Gasteiger partial charge in [0.2, 0.25) is 0 Å². The fraction of sp³-hybridized carbons (Fsp3) is 0.529. The van der Waals surface area contributed by atoms with Crippen LogP contribution in [0, 0.1) is 0 Å². The van der Waals surface area contributed by atoms with E-state index in [0.717, 1.165) is 60.7 Å². The molecular formula is C34H50O8. The highest BCUT2D eigenvalue weighted by Crippen LogP contribution is 2.35. The second kappa shape index (κ2) is 18.0. The number of ether oxygens (including phenoxy) is 4. The number of rotatable bonds is 17. The molecule has 0 amide bonds. The molecule has 234 valence electrons. The molecule has 0 bridgehead atoms. The molecular weight excluding hydrogens is 536 g/mol. The molecule has 2 aromatic carbocycles. The Morgan fingerprint density at radius 1 is 0.643 bits per heavy atom. The van der Waals surface area contributed by atoms with Crippen LogP contribution in [0.15, 0.2) is 48.6 Å². The summed E-state index contributed by atoms with van der Waals surface area (Å²) in [5.74, 6) is 1.65. The van der Waals surface area contributed by atoms with Crippen molar-refractivity contribution in [2.45, 2.75) is 89.9 Å². The highest BCUT2D eigenvalue weighted by molar-refractivity contribution is 5.66. The quantitative estimate of drug-likeness (QED) is 0.143. The van der Waals surface area contributed by atoms with Crippen molar-refractivity contribution in [1.82, 2.24) is 0 Å². The summed E-state index contributed by atoms with van der Waals surface area (Å²) in [5, 5.41) is 17.3. The molecule has 2 rings (SSSR count). The Labute approximate surface area is 251 Å². The van der Waals surface area contributed by atoms with Gasteiger partial charge in [-0.05, 0) is 66.5 Å². The summed E-state index contributed by atoms with van der Waals surface area (Å²) in [4.78, 5) is 21.0. The van der Waals surface area contributed by atoms with E-state index < -0.39 is 11.9 Å². The lowest BCUT2D eigenvalue weighted by molar-refractivity contribution is -0.138. The minimum Gasteiger partial charge on any atom is -0.497 e. The number of hydrogen-bond donors (Lipinski definition) is 2.